The topological polar surface area (TPSA) is 193 Å². The number of carbonyl (C=O) groups excluding carboxylic acids is 3. The smallest absolute Gasteiger partial charge is 0.303 e. The van der Waals surface area contributed by atoms with Gasteiger partial charge in [0.1, 0.15) is 67.1 Å². The molecule has 104 heavy (non-hydrogen) atoms. The fourth-order valence-corrected chi connectivity index (χ4v) is 13.5. The lowest BCUT2D eigenvalue weighted by Crippen LogP contribution is -2.70. The van der Waals surface area contributed by atoms with Gasteiger partial charge in [0.05, 0.1) is 83.8 Å². The number of nitrogens with zero attached hydrogens (tertiary/aromatic N) is 1. The maximum atomic E-state index is 15.4. The Morgan fingerprint density at radius 1 is 0.317 bits per heavy atom. The largest absolute Gasteiger partial charge is 0.457 e. The Bertz CT molecular complexity index is 4030. The number of imide groups is 1. The van der Waals surface area contributed by atoms with Crippen molar-refractivity contribution in [3.05, 3.63) is 323 Å². The number of methoxy groups -OCH3 is 1. The summed E-state index contributed by atoms with van der Waals surface area (Å²) in [7, 11) is 1.52. The predicted octanol–water partition coefficient (Wildman–Crippen LogP) is 12.8. The molecule has 19 heteroatoms. The summed E-state index contributed by atoms with van der Waals surface area (Å²) < 4.78 is 105. The molecule has 0 spiro atoms. The lowest BCUT2D eigenvalue weighted by molar-refractivity contribution is -0.369. The van der Waals surface area contributed by atoms with E-state index in [1.165, 1.54) is 14.0 Å². The lowest BCUT2D eigenvalue weighted by atomic mass is 9.93. The molecule has 15 atom stereocenters. The lowest BCUT2D eigenvalue weighted by Gasteiger charge is -2.51. The fourth-order valence-electron chi connectivity index (χ4n) is 13.5. The van der Waals surface area contributed by atoms with Crippen molar-refractivity contribution in [3.8, 4) is 0 Å². The van der Waals surface area contributed by atoms with Crippen LogP contribution in [0.4, 0.5) is 0 Å². The molecule has 13 rings (SSSR count). The summed E-state index contributed by atoms with van der Waals surface area (Å²) in [5.74, 6) is -2.18. The van der Waals surface area contributed by atoms with Crippen molar-refractivity contribution < 1.29 is 85.4 Å². The van der Waals surface area contributed by atoms with Crippen LogP contribution in [0.3, 0.4) is 0 Å². The van der Waals surface area contributed by atoms with E-state index in [9.17, 15) is 4.79 Å². The first-order valence-corrected chi connectivity index (χ1v) is 35.3. The molecule has 4 aliphatic rings. The van der Waals surface area contributed by atoms with Gasteiger partial charge in [-0.3, -0.25) is 19.3 Å². The summed E-state index contributed by atoms with van der Waals surface area (Å²) in [5.41, 5.74) is 7.25. The quantitative estimate of drug-likeness (QED) is 0.0273. The zero-order valence-corrected chi connectivity index (χ0v) is 58.1. The zero-order valence-electron chi connectivity index (χ0n) is 58.1. The maximum absolute atomic E-state index is 15.4. The number of benzene rings is 9. The Hall–Kier alpha value is -8.97. The Labute approximate surface area is 606 Å². The third kappa shape index (κ3) is 19.1. The van der Waals surface area contributed by atoms with E-state index in [1.54, 1.807) is 24.3 Å². The van der Waals surface area contributed by atoms with E-state index in [0.29, 0.717) is 0 Å². The molecule has 4 aliphatic heterocycles. The number of carbonyl (C=O) groups is 3. The first kappa shape index (κ1) is 73.3. The summed E-state index contributed by atoms with van der Waals surface area (Å²) in [6.07, 6.45) is -16.2. The molecule has 0 unspecified atom stereocenters. The number of esters is 1. The van der Waals surface area contributed by atoms with Gasteiger partial charge in [0, 0.05) is 14.0 Å². The predicted molar refractivity (Wildman–Crippen MR) is 382 cm³/mol. The van der Waals surface area contributed by atoms with E-state index < -0.39 is 110 Å². The number of ether oxygens (including phenoxy) is 15. The molecular weight excluding hydrogens is 1320 g/mol. The molecule has 19 nitrogen and oxygen atoms in total. The molecule has 3 fully saturated rings. The van der Waals surface area contributed by atoms with Gasteiger partial charge in [0.15, 0.2) is 25.0 Å². The van der Waals surface area contributed by atoms with Gasteiger partial charge >= 0.3 is 5.97 Å². The summed E-state index contributed by atoms with van der Waals surface area (Å²) in [6, 6.07) is 82.7. The van der Waals surface area contributed by atoms with Gasteiger partial charge in [-0.15, -0.1) is 0 Å². The summed E-state index contributed by atoms with van der Waals surface area (Å²) in [5, 5.41) is 0. The Balaban J connectivity index is 0.906. The first-order valence-electron chi connectivity index (χ1n) is 35.3. The van der Waals surface area contributed by atoms with E-state index in [-0.39, 0.29) is 83.8 Å². The van der Waals surface area contributed by atoms with Gasteiger partial charge in [-0.05, 0) is 56.6 Å². The molecular formula is C85H87NO18. The van der Waals surface area contributed by atoms with Crippen LogP contribution in [0.5, 0.6) is 0 Å². The molecule has 0 N–H and O–H groups in total. The van der Waals surface area contributed by atoms with Crippen molar-refractivity contribution >= 4 is 17.8 Å². The molecule has 0 aromatic heterocycles. The standard InChI is InChI=1S/C85H87NO18/c1-58(87)100-76-72(86-81(88)67-45-27-28-46-68(67)82(86)89)83(99-57-71-74(94-50-62-35-17-6-18-36-62)77(95-51-63-37-19-7-20-38-63)79(84(90-2)102-71)97-53-65-41-23-9-24-42-65)101-70(56-92-48-60-31-13-4-14-32-60)75(76)104-85-80(98-54-66-43-25-10-26-44-66)78(96-52-64-39-21-8-22-40-64)73(93-49-61-33-15-5-16-34-61)69(103-85)55-91-47-59-29-11-3-12-30-59/h3-46,69-80,83-85H,47-57H2,1-2H3/t69-,70-,71-,72-,73-,74-,75-,76-,77+,78+,79-,80-,83-,84+,85-/m1/s1. The van der Waals surface area contributed by atoms with Gasteiger partial charge in [-0.2, -0.15) is 0 Å². The van der Waals surface area contributed by atoms with Gasteiger partial charge in [0.2, 0.25) is 0 Å². The Morgan fingerprint density at radius 3 is 0.962 bits per heavy atom. The summed E-state index contributed by atoms with van der Waals surface area (Å²) in [4.78, 5) is 46.2. The van der Waals surface area contributed by atoms with Crippen LogP contribution in [0.25, 0.3) is 0 Å². The molecule has 0 aliphatic carbocycles. The SMILES string of the molecule is CO[C@H]1O[C@H](CO[C@@H]2O[C@H](COCc3ccccc3)[C@@H](O[C@H]3O[C@H](COCc4ccccc4)[C@@H](OCc4ccccc4)[C@H](OCc4ccccc4)[C@H]3OCc3ccccc3)[C@H](OC(C)=O)[C@H]2N2C(=O)c3ccccc3C2=O)[C@@H](OCc2ccccc2)[C@H](OCc2ccccc2)[C@H]1OCc1ccccc1. The number of hydrogen-bond donors (Lipinski definition) is 0. The highest BCUT2D eigenvalue weighted by Gasteiger charge is 2.60. The molecule has 9 aromatic rings. The van der Waals surface area contributed by atoms with Gasteiger partial charge in [-0.25, -0.2) is 0 Å². The minimum Gasteiger partial charge on any atom is -0.457 e. The third-order valence-corrected chi connectivity index (χ3v) is 18.7. The highest BCUT2D eigenvalue weighted by molar-refractivity contribution is 6.21. The molecule has 2 amide bonds. The van der Waals surface area contributed by atoms with Crippen LogP contribution < -0.4 is 0 Å². The summed E-state index contributed by atoms with van der Waals surface area (Å²) in [6.45, 7) is 1.71. The van der Waals surface area contributed by atoms with Gasteiger partial charge in [-0.1, -0.05) is 255 Å². The second-order valence-electron chi connectivity index (χ2n) is 26.0. The van der Waals surface area contributed by atoms with E-state index >= 15 is 9.59 Å². The normalized spacial score (nSPS) is 25.3. The molecule has 0 radical (unpaired) electrons. The van der Waals surface area contributed by atoms with Gasteiger partial charge in [0.25, 0.3) is 11.8 Å². The molecule has 4 heterocycles. The second kappa shape index (κ2) is 37.1. The minimum atomic E-state index is -1.63. The van der Waals surface area contributed by atoms with Crippen LogP contribution in [0.1, 0.15) is 72.1 Å². The minimum absolute atomic E-state index is 0.0299. The van der Waals surface area contributed by atoms with E-state index in [2.05, 4.69) is 0 Å². The van der Waals surface area contributed by atoms with Crippen LogP contribution in [-0.2, 0) is 129 Å². The van der Waals surface area contributed by atoms with E-state index in [4.69, 9.17) is 71.1 Å². The molecule has 3 saturated heterocycles. The molecule has 0 bridgehead atoms. The monoisotopic (exact) mass is 1410 g/mol. The average Bonchev–Trinajstić information content (AvgIpc) is 1.48. The zero-order chi connectivity index (χ0) is 71.2. The highest BCUT2D eigenvalue weighted by atomic mass is 16.8. The van der Waals surface area contributed by atoms with E-state index in [0.717, 1.165) is 49.4 Å². The Kier molecular flexibility index (Phi) is 26.2. The van der Waals surface area contributed by atoms with Crippen molar-refractivity contribution in [2.75, 3.05) is 26.9 Å². The van der Waals surface area contributed by atoms with Crippen molar-refractivity contribution in [1.82, 2.24) is 4.90 Å². The fraction of sp³-hybridized carbons (Fsp3) is 0.329. The molecule has 540 valence electrons. The van der Waals surface area contributed by atoms with Crippen LogP contribution >= 0.6 is 0 Å². The molecule has 9 aromatic carbocycles. The highest BCUT2D eigenvalue weighted by Crippen LogP contribution is 2.41. The number of fused-ring (bicyclic) bond motifs is 1. The summed E-state index contributed by atoms with van der Waals surface area (Å²) >= 11 is 0. The van der Waals surface area contributed by atoms with Crippen LogP contribution in [-0.4, -0.2) is 142 Å². The number of hydrogen-bond acceptors (Lipinski definition) is 18. The van der Waals surface area contributed by atoms with E-state index in [1.807, 2.05) is 243 Å². The first-order chi connectivity index (χ1) is 51.2. The van der Waals surface area contributed by atoms with Crippen molar-refractivity contribution in [2.45, 2.75) is 152 Å². The van der Waals surface area contributed by atoms with Crippen LogP contribution in [0.2, 0.25) is 0 Å². The van der Waals surface area contributed by atoms with Crippen molar-refractivity contribution in [3.63, 3.8) is 0 Å². The van der Waals surface area contributed by atoms with Crippen LogP contribution in [0.15, 0.2) is 267 Å². The number of rotatable bonds is 34. The van der Waals surface area contributed by atoms with Crippen molar-refractivity contribution in [2.24, 2.45) is 0 Å². The average molecular weight is 1410 g/mol. The third-order valence-electron chi connectivity index (χ3n) is 18.7. The second-order valence-corrected chi connectivity index (χ2v) is 26.0. The number of amides is 2. The Morgan fingerprint density at radius 2 is 0.606 bits per heavy atom. The maximum Gasteiger partial charge on any atom is 0.303 e. The van der Waals surface area contributed by atoms with Gasteiger partial charge < -0.3 is 71.1 Å². The molecule has 0 saturated carbocycles. The van der Waals surface area contributed by atoms with Crippen LogP contribution in [0, 0.1) is 0 Å². The van der Waals surface area contributed by atoms with Crippen molar-refractivity contribution in [1.29, 1.82) is 0 Å².